The maximum atomic E-state index is 14.2. The second kappa shape index (κ2) is 13.0. The summed E-state index contributed by atoms with van der Waals surface area (Å²) in [5, 5.41) is 2.35. The van der Waals surface area contributed by atoms with Crippen LogP contribution in [0.25, 0.3) is 10.8 Å². The number of benzene rings is 3. The minimum atomic E-state index is -0.451. The second-order valence-electron chi connectivity index (χ2n) is 14.8. The van der Waals surface area contributed by atoms with Crippen LogP contribution in [0.15, 0.2) is 71.1 Å². The molecule has 0 spiro atoms. The van der Waals surface area contributed by atoms with Gasteiger partial charge in [0.25, 0.3) is 0 Å². The van der Waals surface area contributed by atoms with Crippen molar-refractivity contribution in [2.75, 3.05) is 26.9 Å². The van der Waals surface area contributed by atoms with Crippen LogP contribution in [-0.4, -0.2) is 43.3 Å². The number of rotatable bonds is 9. The van der Waals surface area contributed by atoms with E-state index in [4.69, 9.17) is 14.2 Å². The summed E-state index contributed by atoms with van der Waals surface area (Å²) < 4.78 is 19.3. The number of ether oxygens (including phenoxy) is 3. The SMILES string of the molecule is CCOc1cc(C2C3=C(CC(C)(C)CC3=O)N(CCOC)C3=C2C(=O)CC(C)(C)C3)cc(I)c1OCc1c(C)ccc2ccccc12. The first-order valence-electron chi connectivity index (χ1n) is 16.7. The second-order valence-corrected chi connectivity index (χ2v) is 16.0. The fourth-order valence-electron chi connectivity index (χ4n) is 7.77. The first-order valence-corrected chi connectivity index (χ1v) is 17.8. The summed E-state index contributed by atoms with van der Waals surface area (Å²) in [7, 11) is 1.70. The molecule has 0 unspecified atom stereocenters. The van der Waals surface area contributed by atoms with Crippen LogP contribution < -0.4 is 9.47 Å². The third kappa shape index (κ3) is 6.50. The Hall–Kier alpha value is -3.17. The number of carbonyl (C=O) groups is 2. The molecule has 248 valence electrons. The Morgan fingerprint density at radius 3 is 2.13 bits per heavy atom. The fourth-order valence-corrected chi connectivity index (χ4v) is 8.55. The van der Waals surface area contributed by atoms with Gasteiger partial charge in [-0.25, -0.2) is 0 Å². The first kappa shape index (κ1) is 33.7. The molecular weight excluding hydrogens is 701 g/mol. The third-order valence-corrected chi connectivity index (χ3v) is 10.6. The normalized spacial score (nSPS) is 19.3. The molecule has 0 saturated carbocycles. The zero-order valence-corrected chi connectivity index (χ0v) is 30.9. The standard InChI is InChI=1S/C40H46INO5/c1-8-46-34-18-26(17-29(41)38(34)47-23-28-24(2)13-14-25-11-9-10-12-27(25)28)35-36-30(19-39(3,4)21-32(36)43)42(15-16-45-7)31-20-40(5,6)22-33(44)37(31)35/h9-14,17-18,35H,8,15-16,19-23H2,1-7H3. The number of ketones is 2. The van der Waals surface area contributed by atoms with Crippen LogP contribution in [0.5, 0.6) is 11.5 Å². The van der Waals surface area contributed by atoms with Crippen molar-refractivity contribution in [1.29, 1.82) is 0 Å². The summed E-state index contributed by atoms with van der Waals surface area (Å²) in [5.41, 5.74) is 6.44. The Kier molecular flexibility index (Phi) is 9.35. The predicted octanol–water partition coefficient (Wildman–Crippen LogP) is 9.06. The minimum absolute atomic E-state index is 0.118. The van der Waals surface area contributed by atoms with E-state index in [9.17, 15) is 9.59 Å². The maximum Gasteiger partial charge on any atom is 0.174 e. The maximum absolute atomic E-state index is 14.2. The quantitative estimate of drug-likeness (QED) is 0.204. The Morgan fingerprint density at radius 1 is 0.872 bits per heavy atom. The lowest BCUT2D eigenvalue weighted by Gasteiger charge is -2.49. The zero-order valence-electron chi connectivity index (χ0n) is 28.7. The summed E-state index contributed by atoms with van der Waals surface area (Å²) >= 11 is 2.32. The molecule has 0 fully saturated rings. The molecule has 3 aromatic carbocycles. The van der Waals surface area contributed by atoms with E-state index in [2.05, 4.69) is 105 Å². The monoisotopic (exact) mass is 747 g/mol. The smallest absolute Gasteiger partial charge is 0.174 e. The Labute approximate surface area is 292 Å². The van der Waals surface area contributed by atoms with Crippen molar-refractivity contribution in [3.05, 3.63) is 91.3 Å². The number of hydrogen-bond donors (Lipinski definition) is 0. The van der Waals surface area contributed by atoms with Gasteiger partial charge in [0.05, 0.1) is 16.8 Å². The van der Waals surface area contributed by atoms with Crippen LogP contribution in [0.1, 0.15) is 82.9 Å². The van der Waals surface area contributed by atoms with Crippen molar-refractivity contribution < 1.29 is 23.8 Å². The highest BCUT2D eigenvalue weighted by Crippen LogP contribution is 2.55. The van der Waals surface area contributed by atoms with E-state index >= 15 is 0 Å². The number of allylic oxidation sites excluding steroid dienone is 4. The van der Waals surface area contributed by atoms with Gasteiger partial charge in [0, 0.05) is 60.5 Å². The van der Waals surface area contributed by atoms with Gasteiger partial charge in [-0.1, -0.05) is 64.1 Å². The summed E-state index contributed by atoms with van der Waals surface area (Å²) in [6.07, 6.45) is 2.43. The average molecular weight is 748 g/mol. The molecule has 6 nitrogen and oxygen atoms in total. The fraction of sp³-hybridized carbons (Fsp3) is 0.450. The van der Waals surface area contributed by atoms with Gasteiger partial charge in [0.1, 0.15) is 6.61 Å². The number of methoxy groups -OCH3 is 1. The largest absolute Gasteiger partial charge is 0.490 e. The molecule has 2 aliphatic carbocycles. The average Bonchev–Trinajstić information content (AvgIpc) is 2.99. The van der Waals surface area contributed by atoms with E-state index in [1.807, 2.05) is 13.0 Å². The van der Waals surface area contributed by atoms with Crippen LogP contribution in [0.2, 0.25) is 0 Å². The third-order valence-electron chi connectivity index (χ3n) is 9.84. The van der Waals surface area contributed by atoms with E-state index in [-0.39, 0.29) is 22.4 Å². The summed E-state index contributed by atoms with van der Waals surface area (Å²) in [4.78, 5) is 30.7. The Balaban J connectivity index is 1.49. The molecule has 0 N–H and O–H groups in total. The van der Waals surface area contributed by atoms with Crippen molar-refractivity contribution in [3.8, 4) is 11.5 Å². The molecule has 0 aromatic heterocycles. The molecule has 6 rings (SSSR count). The van der Waals surface area contributed by atoms with Gasteiger partial charge < -0.3 is 19.1 Å². The molecule has 0 radical (unpaired) electrons. The highest BCUT2D eigenvalue weighted by molar-refractivity contribution is 14.1. The molecule has 3 aliphatic rings. The van der Waals surface area contributed by atoms with E-state index < -0.39 is 5.92 Å². The van der Waals surface area contributed by atoms with Crippen molar-refractivity contribution >= 4 is 44.9 Å². The van der Waals surface area contributed by atoms with Gasteiger partial charge in [0.15, 0.2) is 23.1 Å². The van der Waals surface area contributed by atoms with E-state index in [0.29, 0.717) is 50.7 Å². The lowest BCUT2D eigenvalue weighted by atomic mass is 9.63. The highest BCUT2D eigenvalue weighted by atomic mass is 127. The van der Waals surface area contributed by atoms with Gasteiger partial charge in [-0.2, -0.15) is 0 Å². The molecule has 1 heterocycles. The molecule has 1 aliphatic heterocycles. The van der Waals surface area contributed by atoms with Crippen LogP contribution in [0.3, 0.4) is 0 Å². The number of Topliss-reactive ketones (excluding diaryl/α,β-unsaturated/α-hetero) is 2. The van der Waals surface area contributed by atoms with Crippen molar-refractivity contribution in [3.63, 3.8) is 0 Å². The number of hydrogen-bond acceptors (Lipinski definition) is 6. The molecule has 0 saturated heterocycles. The number of fused-ring (bicyclic) bond motifs is 1. The van der Waals surface area contributed by atoms with Crippen LogP contribution >= 0.6 is 22.6 Å². The van der Waals surface area contributed by atoms with Gasteiger partial charge in [0.2, 0.25) is 0 Å². The number of carbonyl (C=O) groups excluding carboxylic acids is 2. The topological polar surface area (TPSA) is 65.1 Å². The van der Waals surface area contributed by atoms with Crippen molar-refractivity contribution in [1.82, 2.24) is 4.90 Å². The van der Waals surface area contributed by atoms with Crippen molar-refractivity contribution in [2.45, 2.75) is 79.8 Å². The minimum Gasteiger partial charge on any atom is -0.490 e. The van der Waals surface area contributed by atoms with Gasteiger partial charge >= 0.3 is 0 Å². The van der Waals surface area contributed by atoms with E-state index in [1.54, 1.807) is 7.11 Å². The van der Waals surface area contributed by atoms with Gasteiger partial charge in [-0.3, -0.25) is 9.59 Å². The Bertz CT molecular complexity index is 1760. The molecule has 0 atom stereocenters. The Morgan fingerprint density at radius 2 is 1.51 bits per heavy atom. The van der Waals surface area contributed by atoms with E-state index in [0.717, 1.165) is 50.1 Å². The summed E-state index contributed by atoms with van der Waals surface area (Å²) in [5.74, 6) is 1.09. The van der Waals surface area contributed by atoms with Crippen LogP contribution in [-0.2, 0) is 20.9 Å². The molecule has 3 aromatic rings. The van der Waals surface area contributed by atoms with Gasteiger partial charge in [-0.15, -0.1) is 0 Å². The zero-order chi connectivity index (χ0) is 33.7. The number of halogens is 1. The molecule has 7 heteroatoms. The molecule has 0 bridgehead atoms. The lowest BCUT2D eigenvalue weighted by Crippen LogP contribution is -2.45. The lowest BCUT2D eigenvalue weighted by molar-refractivity contribution is -0.119. The number of aryl methyl sites for hydroxylation is 1. The molecular formula is C40H46INO5. The predicted molar refractivity (Wildman–Crippen MR) is 195 cm³/mol. The number of nitrogens with zero attached hydrogens (tertiary/aromatic N) is 1. The van der Waals surface area contributed by atoms with Crippen molar-refractivity contribution in [2.24, 2.45) is 10.8 Å². The first-order chi connectivity index (χ1) is 22.3. The molecule has 47 heavy (non-hydrogen) atoms. The molecule has 0 amide bonds. The highest BCUT2D eigenvalue weighted by Gasteiger charge is 2.49. The van der Waals surface area contributed by atoms with Gasteiger partial charge in [-0.05, 0) is 94.1 Å². The summed E-state index contributed by atoms with van der Waals surface area (Å²) in [6, 6.07) is 16.8. The van der Waals surface area contributed by atoms with E-state index in [1.165, 1.54) is 16.3 Å². The van der Waals surface area contributed by atoms with Crippen LogP contribution in [0, 0.1) is 21.3 Å². The van der Waals surface area contributed by atoms with Crippen LogP contribution in [0.4, 0.5) is 0 Å². The summed E-state index contributed by atoms with van der Waals surface area (Å²) in [6.45, 7) is 14.7.